The molecule has 2 aromatic carbocycles. The Hall–Kier alpha value is -3.45. The van der Waals surface area contributed by atoms with Crippen LogP contribution in [0.3, 0.4) is 0 Å². The maximum Gasteiger partial charge on any atom is 0.253 e. The molecule has 0 aliphatic carbocycles. The highest BCUT2D eigenvalue weighted by atomic mass is 16.5. The van der Waals surface area contributed by atoms with Crippen molar-refractivity contribution in [2.24, 2.45) is 0 Å². The van der Waals surface area contributed by atoms with E-state index in [4.69, 9.17) is 18.9 Å². The van der Waals surface area contributed by atoms with Gasteiger partial charge in [-0.1, -0.05) is 12.1 Å². The van der Waals surface area contributed by atoms with Crippen molar-refractivity contribution in [1.82, 2.24) is 9.47 Å². The van der Waals surface area contributed by atoms with Crippen molar-refractivity contribution in [1.29, 1.82) is 0 Å². The van der Waals surface area contributed by atoms with Crippen LogP contribution in [-0.4, -0.2) is 55.4 Å². The van der Waals surface area contributed by atoms with Crippen LogP contribution in [0, 0.1) is 0 Å². The van der Waals surface area contributed by atoms with Gasteiger partial charge >= 0.3 is 0 Å². The van der Waals surface area contributed by atoms with Gasteiger partial charge in [0.2, 0.25) is 0 Å². The van der Waals surface area contributed by atoms with Crippen LogP contribution in [0.4, 0.5) is 0 Å². The van der Waals surface area contributed by atoms with E-state index in [1.54, 1.807) is 32.4 Å². The highest BCUT2D eigenvalue weighted by Crippen LogP contribution is 2.45. The quantitative estimate of drug-likeness (QED) is 0.543. The van der Waals surface area contributed by atoms with Crippen LogP contribution >= 0.6 is 0 Å². The van der Waals surface area contributed by atoms with Crippen molar-refractivity contribution in [3.05, 3.63) is 72.1 Å². The summed E-state index contributed by atoms with van der Waals surface area (Å²) in [6.07, 6.45) is 3.41. The average Bonchev–Trinajstić information content (AvgIpc) is 3.36. The molecule has 7 nitrogen and oxygen atoms in total. The van der Waals surface area contributed by atoms with Crippen LogP contribution in [0.5, 0.6) is 17.2 Å². The normalized spacial score (nSPS) is 16.9. The highest BCUT2D eigenvalue weighted by Gasteiger charge is 2.44. The van der Waals surface area contributed by atoms with Crippen molar-refractivity contribution in [3.8, 4) is 22.9 Å². The standard InChI is InChI=1S/C27H30N2O5/c1-19(18-31-2)33-23-11-10-20(17-24(23)32-3)26(30)28-15-12-27(13-16-28)25-9-6-14-29(25)21-7-4-5-8-22(21)34-27/h4-11,14,17,19H,12-13,15-16,18H2,1-3H3. The Morgan fingerprint density at radius 2 is 1.85 bits per heavy atom. The van der Waals surface area contributed by atoms with Crippen LogP contribution in [0.15, 0.2) is 60.8 Å². The maximum atomic E-state index is 13.3. The van der Waals surface area contributed by atoms with Gasteiger partial charge in [-0.15, -0.1) is 0 Å². The zero-order valence-electron chi connectivity index (χ0n) is 19.8. The van der Waals surface area contributed by atoms with Crippen molar-refractivity contribution < 1.29 is 23.7 Å². The molecule has 1 fully saturated rings. The van der Waals surface area contributed by atoms with E-state index in [9.17, 15) is 4.79 Å². The lowest BCUT2D eigenvalue weighted by Crippen LogP contribution is -2.50. The molecule has 2 aliphatic rings. The first kappa shape index (κ1) is 22.3. The van der Waals surface area contributed by atoms with Gasteiger partial charge in [-0.2, -0.15) is 0 Å². The first-order valence-corrected chi connectivity index (χ1v) is 11.6. The number of rotatable bonds is 6. The van der Waals surface area contributed by atoms with E-state index in [1.807, 2.05) is 30.0 Å². The zero-order chi connectivity index (χ0) is 23.7. The molecule has 1 saturated heterocycles. The van der Waals surface area contributed by atoms with E-state index in [1.165, 1.54) is 0 Å². The molecule has 1 aromatic heterocycles. The molecule has 178 valence electrons. The second kappa shape index (κ2) is 9.06. The summed E-state index contributed by atoms with van der Waals surface area (Å²) in [4.78, 5) is 15.2. The lowest BCUT2D eigenvalue weighted by molar-refractivity contribution is -0.00931. The lowest BCUT2D eigenvalue weighted by atomic mass is 9.86. The number of piperidine rings is 1. The van der Waals surface area contributed by atoms with Crippen molar-refractivity contribution in [3.63, 3.8) is 0 Å². The summed E-state index contributed by atoms with van der Waals surface area (Å²) < 4.78 is 25.3. The van der Waals surface area contributed by atoms with Gasteiger partial charge < -0.3 is 28.4 Å². The molecule has 2 aliphatic heterocycles. The minimum Gasteiger partial charge on any atom is -0.493 e. The van der Waals surface area contributed by atoms with Crippen LogP contribution in [0.1, 0.15) is 35.8 Å². The van der Waals surface area contributed by atoms with Crippen LogP contribution in [0.2, 0.25) is 0 Å². The summed E-state index contributed by atoms with van der Waals surface area (Å²) in [5.41, 5.74) is 2.35. The first-order valence-electron chi connectivity index (χ1n) is 11.6. The van der Waals surface area contributed by atoms with Crippen LogP contribution < -0.4 is 14.2 Å². The number of nitrogens with zero attached hydrogens (tertiary/aromatic N) is 2. The Bertz CT molecular complexity index is 1180. The summed E-state index contributed by atoms with van der Waals surface area (Å²) in [6, 6.07) is 17.6. The van der Waals surface area contributed by atoms with Gasteiger partial charge in [-0.05, 0) is 49.4 Å². The van der Waals surface area contributed by atoms with Crippen molar-refractivity contribution in [2.75, 3.05) is 33.9 Å². The number of ether oxygens (including phenoxy) is 4. The maximum absolute atomic E-state index is 13.3. The van der Waals surface area contributed by atoms with Crippen LogP contribution in [-0.2, 0) is 10.3 Å². The Morgan fingerprint density at radius 1 is 1.06 bits per heavy atom. The van der Waals surface area contributed by atoms with Gasteiger partial charge in [-0.3, -0.25) is 4.79 Å². The Kier molecular flexibility index (Phi) is 5.96. The lowest BCUT2D eigenvalue weighted by Gasteiger charge is -2.45. The third-order valence-electron chi connectivity index (χ3n) is 6.64. The first-order chi connectivity index (χ1) is 16.5. The monoisotopic (exact) mass is 462 g/mol. The molecule has 1 unspecified atom stereocenters. The van der Waals surface area contributed by atoms with Crippen LogP contribution in [0.25, 0.3) is 5.69 Å². The molecule has 3 heterocycles. The fraction of sp³-hybridized carbons (Fsp3) is 0.370. The molecule has 1 atom stereocenters. The molecule has 7 heteroatoms. The predicted molar refractivity (Wildman–Crippen MR) is 128 cm³/mol. The van der Waals surface area contributed by atoms with Crippen molar-refractivity contribution in [2.45, 2.75) is 31.5 Å². The number of amides is 1. The molecule has 0 radical (unpaired) electrons. The minimum absolute atomic E-state index is 0.0174. The summed E-state index contributed by atoms with van der Waals surface area (Å²) in [6.45, 7) is 3.61. The number of fused-ring (bicyclic) bond motifs is 4. The molecule has 0 saturated carbocycles. The molecule has 0 N–H and O–H groups in total. The van der Waals surface area contributed by atoms with E-state index in [-0.39, 0.29) is 12.0 Å². The predicted octanol–water partition coefficient (Wildman–Crippen LogP) is 4.42. The fourth-order valence-corrected chi connectivity index (χ4v) is 4.96. The van der Waals surface area contributed by atoms with E-state index in [0.29, 0.717) is 36.8 Å². The SMILES string of the molecule is COCC(C)Oc1ccc(C(=O)N2CCC3(CC2)Oc2ccccc2-n2cccc23)cc1OC. The number of hydrogen-bond acceptors (Lipinski definition) is 5. The van der Waals surface area contributed by atoms with Gasteiger partial charge in [0.15, 0.2) is 17.1 Å². The molecule has 0 bridgehead atoms. The molecule has 1 spiro atoms. The molecule has 34 heavy (non-hydrogen) atoms. The summed E-state index contributed by atoms with van der Waals surface area (Å²) >= 11 is 0. The minimum atomic E-state index is -0.429. The van der Waals surface area contributed by atoms with Gasteiger partial charge in [0.1, 0.15) is 11.9 Å². The molecular formula is C27H30N2O5. The molecule has 5 rings (SSSR count). The van der Waals surface area contributed by atoms with Crippen molar-refractivity contribution >= 4 is 5.91 Å². The fourth-order valence-electron chi connectivity index (χ4n) is 4.96. The summed E-state index contributed by atoms with van der Waals surface area (Å²) in [5, 5.41) is 0. The number of benzene rings is 2. The Balaban J connectivity index is 1.32. The van der Waals surface area contributed by atoms with E-state index >= 15 is 0 Å². The Labute approximate surface area is 199 Å². The molecule has 3 aromatic rings. The number of likely N-dealkylation sites (tertiary alicyclic amines) is 1. The largest absolute Gasteiger partial charge is 0.493 e. The third kappa shape index (κ3) is 3.90. The number of hydrogen-bond donors (Lipinski definition) is 0. The molecular weight excluding hydrogens is 432 g/mol. The van der Waals surface area contributed by atoms with Gasteiger partial charge in [0, 0.05) is 44.8 Å². The smallest absolute Gasteiger partial charge is 0.253 e. The topological polar surface area (TPSA) is 62.2 Å². The van der Waals surface area contributed by atoms with E-state index in [2.05, 4.69) is 29.0 Å². The summed E-state index contributed by atoms with van der Waals surface area (Å²) in [7, 11) is 3.21. The highest BCUT2D eigenvalue weighted by molar-refractivity contribution is 5.95. The second-order valence-corrected chi connectivity index (χ2v) is 8.87. The number of carbonyl (C=O) groups excluding carboxylic acids is 1. The number of aromatic nitrogens is 1. The van der Waals surface area contributed by atoms with Gasteiger partial charge in [0.05, 0.1) is 25.1 Å². The summed E-state index contributed by atoms with van der Waals surface area (Å²) in [5.74, 6) is 1.99. The van der Waals surface area contributed by atoms with E-state index in [0.717, 1.165) is 30.0 Å². The average molecular weight is 463 g/mol. The van der Waals surface area contributed by atoms with E-state index < -0.39 is 5.60 Å². The second-order valence-electron chi connectivity index (χ2n) is 8.87. The Morgan fingerprint density at radius 3 is 2.62 bits per heavy atom. The zero-order valence-corrected chi connectivity index (χ0v) is 19.8. The third-order valence-corrected chi connectivity index (χ3v) is 6.64. The molecule has 1 amide bonds. The number of carbonyl (C=O) groups is 1. The van der Waals surface area contributed by atoms with Gasteiger partial charge in [-0.25, -0.2) is 0 Å². The number of para-hydroxylation sites is 2. The number of methoxy groups -OCH3 is 2. The van der Waals surface area contributed by atoms with Gasteiger partial charge in [0.25, 0.3) is 5.91 Å².